The zero-order valence-electron chi connectivity index (χ0n) is 12.3. The highest BCUT2D eigenvalue weighted by Gasteiger charge is 2.72. The summed E-state index contributed by atoms with van der Waals surface area (Å²) < 4.78 is 5.65. The van der Waals surface area contributed by atoms with Crippen LogP contribution in [0.3, 0.4) is 0 Å². The van der Waals surface area contributed by atoms with Crippen molar-refractivity contribution in [3.63, 3.8) is 0 Å². The normalized spacial score (nSPS) is 44.3. The number of hydrogen-bond donors (Lipinski definition) is 3. The molecule has 0 aromatic carbocycles. The fourth-order valence-corrected chi connectivity index (χ4v) is 4.33. The second-order valence-electron chi connectivity index (χ2n) is 6.98. The van der Waals surface area contributed by atoms with E-state index in [0.29, 0.717) is 13.0 Å². The third-order valence-corrected chi connectivity index (χ3v) is 5.63. The SMILES string of the molecule is CC1(C)C2OCCC2C1(N)C(=O)N1C[C@H](O)C[C@H]1C(=O)O. The summed E-state index contributed by atoms with van der Waals surface area (Å²) in [6.07, 6.45) is -0.0909. The van der Waals surface area contributed by atoms with Crippen molar-refractivity contribution in [2.24, 2.45) is 17.1 Å². The predicted octanol–water partition coefficient (Wildman–Crippen LogP) is -0.825. The number of hydrogen-bond acceptors (Lipinski definition) is 5. The van der Waals surface area contributed by atoms with Gasteiger partial charge in [0.1, 0.15) is 11.6 Å². The molecule has 118 valence electrons. The summed E-state index contributed by atoms with van der Waals surface area (Å²) >= 11 is 0. The van der Waals surface area contributed by atoms with Crippen LogP contribution in [-0.4, -0.2) is 63.9 Å². The maximum absolute atomic E-state index is 12.9. The Morgan fingerprint density at radius 2 is 2.05 bits per heavy atom. The number of nitrogens with zero attached hydrogens (tertiary/aromatic N) is 1. The van der Waals surface area contributed by atoms with Crippen LogP contribution >= 0.6 is 0 Å². The number of aliphatic hydroxyl groups excluding tert-OH is 1. The largest absolute Gasteiger partial charge is 0.480 e. The average Bonchev–Trinajstić information content (AvgIpc) is 3.02. The third kappa shape index (κ3) is 1.71. The molecular formula is C14H22N2O5. The van der Waals surface area contributed by atoms with E-state index >= 15 is 0 Å². The lowest BCUT2D eigenvalue weighted by atomic mass is 9.47. The van der Waals surface area contributed by atoms with Gasteiger partial charge in [-0.25, -0.2) is 4.79 Å². The summed E-state index contributed by atoms with van der Waals surface area (Å²) in [7, 11) is 0. The number of carboxylic acids is 1. The molecule has 3 rings (SSSR count). The van der Waals surface area contributed by atoms with Crippen LogP contribution in [0.15, 0.2) is 0 Å². The Hall–Kier alpha value is -1.18. The number of aliphatic hydroxyl groups is 1. The van der Waals surface area contributed by atoms with Crippen LogP contribution in [-0.2, 0) is 14.3 Å². The molecule has 1 amide bonds. The number of carbonyl (C=O) groups excluding carboxylic acids is 1. The first kappa shape index (κ1) is 14.7. The fraction of sp³-hybridized carbons (Fsp3) is 0.857. The number of amides is 1. The van der Waals surface area contributed by atoms with Gasteiger partial charge in [0.05, 0.1) is 12.2 Å². The van der Waals surface area contributed by atoms with Gasteiger partial charge in [0.25, 0.3) is 0 Å². The van der Waals surface area contributed by atoms with Crippen LogP contribution < -0.4 is 5.73 Å². The van der Waals surface area contributed by atoms with Crippen molar-refractivity contribution < 1.29 is 24.5 Å². The van der Waals surface area contributed by atoms with Gasteiger partial charge in [0, 0.05) is 30.9 Å². The summed E-state index contributed by atoms with van der Waals surface area (Å²) in [4.78, 5) is 25.5. The number of rotatable bonds is 2. The van der Waals surface area contributed by atoms with Crippen LogP contribution in [0.4, 0.5) is 0 Å². The van der Waals surface area contributed by atoms with Crippen LogP contribution in [0.5, 0.6) is 0 Å². The molecule has 7 nitrogen and oxygen atoms in total. The highest BCUT2D eigenvalue weighted by Crippen LogP contribution is 2.59. The van der Waals surface area contributed by atoms with Crippen LogP contribution in [0, 0.1) is 11.3 Å². The zero-order chi connectivity index (χ0) is 15.6. The molecule has 3 unspecified atom stereocenters. The molecule has 2 aliphatic heterocycles. The lowest BCUT2D eigenvalue weighted by molar-refractivity contribution is -0.186. The highest BCUT2D eigenvalue weighted by atomic mass is 16.5. The molecule has 3 fully saturated rings. The van der Waals surface area contributed by atoms with E-state index in [1.807, 2.05) is 13.8 Å². The molecule has 0 spiro atoms. The number of likely N-dealkylation sites (tertiary alicyclic amines) is 1. The molecule has 21 heavy (non-hydrogen) atoms. The summed E-state index contributed by atoms with van der Waals surface area (Å²) in [5.74, 6) is -1.55. The molecular weight excluding hydrogens is 276 g/mol. The molecule has 0 bridgehead atoms. The van der Waals surface area contributed by atoms with E-state index in [2.05, 4.69) is 0 Å². The molecule has 2 saturated heterocycles. The second-order valence-corrected chi connectivity index (χ2v) is 6.98. The molecule has 3 aliphatic rings. The molecule has 2 heterocycles. The Bertz CT molecular complexity index is 494. The number of β-amino-alcohol motifs (C(OH)–C–C–N with tert-alkyl or cyclic N) is 1. The molecule has 5 atom stereocenters. The average molecular weight is 298 g/mol. The lowest BCUT2D eigenvalue weighted by Crippen LogP contribution is -2.80. The Morgan fingerprint density at radius 3 is 2.67 bits per heavy atom. The first-order valence-corrected chi connectivity index (χ1v) is 7.33. The van der Waals surface area contributed by atoms with Crippen molar-refractivity contribution in [3.8, 4) is 0 Å². The number of ether oxygens (including phenoxy) is 1. The van der Waals surface area contributed by atoms with Gasteiger partial charge in [-0.3, -0.25) is 4.79 Å². The maximum Gasteiger partial charge on any atom is 0.326 e. The van der Waals surface area contributed by atoms with Crippen LogP contribution in [0.1, 0.15) is 26.7 Å². The summed E-state index contributed by atoms with van der Waals surface area (Å²) in [5.41, 5.74) is 4.79. The Kier molecular flexibility index (Phi) is 3.10. The van der Waals surface area contributed by atoms with Crippen LogP contribution in [0.25, 0.3) is 0 Å². The van der Waals surface area contributed by atoms with Crippen molar-refractivity contribution in [2.75, 3.05) is 13.2 Å². The van der Waals surface area contributed by atoms with E-state index in [0.717, 1.165) is 0 Å². The smallest absolute Gasteiger partial charge is 0.326 e. The quantitative estimate of drug-likeness (QED) is 0.613. The number of aliphatic carboxylic acids is 1. The summed E-state index contributed by atoms with van der Waals surface area (Å²) in [6.45, 7) is 4.39. The van der Waals surface area contributed by atoms with E-state index in [-0.39, 0.29) is 30.9 Å². The van der Waals surface area contributed by atoms with Crippen molar-refractivity contribution >= 4 is 11.9 Å². The van der Waals surface area contributed by atoms with E-state index in [1.165, 1.54) is 4.90 Å². The number of carboxylic acid groups (broad SMARTS) is 1. The van der Waals surface area contributed by atoms with Gasteiger partial charge in [0.15, 0.2) is 0 Å². The van der Waals surface area contributed by atoms with E-state index in [4.69, 9.17) is 10.5 Å². The maximum atomic E-state index is 12.9. The number of fused-ring (bicyclic) bond motifs is 1. The van der Waals surface area contributed by atoms with Gasteiger partial charge in [-0.15, -0.1) is 0 Å². The standard InChI is InChI=1S/C14H22N2O5/c1-13(2)10-8(3-4-21-10)14(13,15)12(20)16-6-7(17)5-9(16)11(18)19/h7-10,17H,3-6,15H2,1-2H3,(H,18,19)/t7-,8?,9+,10?,14?/m1/s1. The van der Waals surface area contributed by atoms with Gasteiger partial charge in [-0.2, -0.15) is 0 Å². The minimum atomic E-state index is -1.12. The highest BCUT2D eigenvalue weighted by molar-refractivity contribution is 5.93. The summed E-state index contributed by atoms with van der Waals surface area (Å²) in [5, 5.41) is 19.0. The van der Waals surface area contributed by atoms with Gasteiger partial charge in [0.2, 0.25) is 5.91 Å². The zero-order valence-corrected chi connectivity index (χ0v) is 12.3. The molecule has 1 saturated carbocycles. The predicted molar refractivity (Wildman–Crippen MR) is 72.3 cm³/mol. The minimum Gasteiger partial charge on any atom is -0.480 e. The van der Waals surface area contributed by atoms with Crippen molar-refractivity contribution in [1.82, 2.24) is 4.90 Å². The van der Waals surface area contributed by atoms with E-state index in [1.54, 1.807) is 0 Å². The molecule has 0 radical (unpaired) electrons. The lowest BCUT2D eigenvalue weighted by Gasteiger charge is -2.61. The van der Waals surface area contributed by atoms with Crippen LogP contribution in [0.2, 0.25) is 0 Å². The molecule has 0 aromatic rings. The van der Waals surface area contributed by atoms with Crippen molar-refractivity contribution in [1.29, 1.82) is 0 Å². The van der Waals surface area contributed by atoms with Crippen molar-refractivity contribution in [3.05, 3.63) is 0 Å². The number of nitrogens with two attached hydrogens (primary N) is 1. The molecule has 4 N–H and O–H groups in total. The third-order valence-electron chi connectivity index (χ3n) is 5.63. The van der Waals surface area contributed by atoms with Gasteiger partial charge < -0.3 is 25.6 Å². The summed E-state index contributed by atoms with van der Waals surface area (Å²) in [6, 6.07) is -0.995. The number of carbonyl (C=O) groups is 2. The van der Waals surface area contributed by atoms with Gasteiger partial charge >= 0.3 is 5.97 Å². The topological polar surface area (TPSA) is 113 Å². The van der Waals surface area contributed by atoms with Gasteiger partial charge in [-0.05, 0) is 6.42 Å². The molecule has 7 heteroatoms. The van der Waals surface area contributed by atoms with E-state index in [9.17, 15) is 19.8 Å². The molecule has 0 aromatic heterocycles. The first-order valence-electron chi connectivity index (χ1n) is 7.33. The van der Waals surface area contributed by atoms with Gasteiger partial charge in [-0.1, -0.05) is 13.8 Å². The second kappa shape index (κ2) is 4.41. The Balaban J connectivity index is 1.89. The monoisotopic (exact) mass is 298 g/mol. The fourth-order valence-electron chi connectivity index (χ4n) is 4.33. The van der Waals surface area contributed by atoms with Crippen molar-refractivity contribution in [2.45, 2.75) is 50.5 Å². The minimum absolute atomic E-state index is 0.0308. The Morgan fingerprint density at radius 1 is 1.38 bits per heavy atom. The van der Waals surface area contributed by atoms with E-state index < -0.39 is 29.1 Å². The Labute approximate surface area is 123 Å². The molecule has 1 aliphatic carbocycles. The first-order chi connectivity index (χ1) is 9.71.